The predicted molar refractivity (Wildman–Crippen MR) is 64.3 cm³/mol. The molecule has 6 heteroatoms. The van der Waals surface area contributed by atoms with Gasteiger partial charge in [0, 0.05) is 12.4 Å². The number of hydrogen-bond donors (Lipinski definition) is 1. The minimum Gasteiger partial charge on any atom is -0.478 e. The van der Waals surface area contributed by atoms with Gasteiger partial charge in [0.2, 0.25) is 0 Å². The van der Waals surface area contributed by atoms with Crippen LogP contribution in [0.4, 0.5) is 0 Å². The van der Waals surface area contributed by atoms with Gasteiger partial charge in [-0.05, 0) is 36.0 Å². The van der Waals surface area contributed by atoms with Crippen LogP contribution < -0.4 is 0 Å². The number of rotatable bonds is 3. The first-order valence-corrected chi connectivity index (χ1v) is 5.74. The number of nitriles is 1. The molecule has 0 saturated heterocycles. The van der Waals surface area contributed by atoms with Crippen LogP contribution in [0.15, 0.2) is 46.7 Å². The zero-order chi connectivity index (χ0) is 13.0. The third-order valence-electron chi connectivity index (χ3n) is 2.07. The van der Waals surface area contributed by atoms with Crippen LogP contribution in [0.5, 0.6) is 0 Å². The normalized spacial score (nSPS) is 9.72. The third kappa shape index (κ3) is 2.64. The average molecular weight is 257 g/mol. The fraction of sp³-hybridized carbons (Fsp3) is 0. The van der Waals surface area contributed by atoms with Gasteiger partial charge in [0.05, 0.1) is 11.1 Å². The van der Waals surface area contributed by atoms with E-state index in [9.17, 15) is 4.79 Å². The predicted octanol–water partition coefficient (Wildman–Crippen LogP) is 2.20. The van der Waals surface area contributed by atoms with E-state index in [1.54, 1.807) is 18.3 Å². The maximum absolute atomic E-state index is 10.8. The molecule has 0 aromatic carbocycles. The molecule has 18 heavy (non-hydrogen) atoms. The maximum atomic E-state index is 10.8. The van der Waals surface area contributed by atoms with Gasteiger partial charge in [-0.1, -0.05) is 0 Å². The monoisotopic (exact) mass is 257 g/mol. The first kappa shape index (κ1) is 12.1. The van der Waals surface area contributed by atoms with E-state index in [4.69, 9.17) is 10.4 Å². The smallest absolute Gasteiger partial charge is 0.335 e. The molecule has 0 unspecified atom stereocenters. The molecule has 0 bridgehead atoms. The van der Waals surface area contributed by atoms with Gasteiger partial charge in [-0.15, -0.1) is 0 Å². The summed E-state index contributed by atoms with van der Waals surface area (Å²) in [4.78, 5) is 18.9. The van der Waals surface area contributed by atoms with E-state index in [0.29, 0.717) is 15.6 Å². The molecule has 0 aliphatic carbocycles. The second-order valence-electron chi connectivity index (χ2n) is 3.26. The van der Waals surface area contributed by atoms with Crippen LogP contribution in [0.2, 0.25) is 0 Å². The van der Waals surface area contributed by atoms with Crippen molar-refractivity contribution in [2.24, 2.45) is 0 Å². The molecule has 0 amide bonds. The first-order chi connectivity index (χ1) is 8.70. The summed E-state index contributed by atoms with van der Waals surface area (Å²) in [7, 11) is 0. The molecule has 0 aliphatic heterocycles. The Hall–Kier alpha value is -2.39. The van der Waals surface area contributed by atoms with Crippen molar-refractivity contribution in [3.8, 4) is 6.07 Å². The lowest BCUT2D eigenvalue weighted by atomic mass is 10.3. The highest BCUT2D eigenvalue weighted by Gasteiger charge is 2.08. The molecule has 0 saturated carbocycles. The summed E-state index contributed by atoms with van der Waals surface area (Å²) in [5.41, 5.74) is 0.590. The fourth-order valence-electron chi connectivity index (χ4n) is 1.25. The topological polar surface area (TPSA) is 86.9 Å². The number of carbonyl (C=O) groups is 1. The lowest BCUT2D eigenvalue weighted by molar-refractivity contribution is 0.0696. The van der Waals surface area contributed by atoms with Crippen LogP contribution >= 0.6 is 11.8 Å². The Labute approximate surface area is 107 Å². The molecule has 2 aromatic heterocycles. The van der Waals surface area contributed by atoms with Crippen molar-refractivity contribution in [3.63, 3.8) is 0 Å². The Morgan fingerprint density at radius 2 is 2.17 bits per heavy atom. The van der Waals surface area contributed by atoms with Gasteiger partial charge in [0.25, 0.3) is 0 Å². The van der Waals surface area contributed by atoms with Crippen LogP contribution in [0.1, 0.15) is 15.9 Å². The first-order valence-electron chi connectivity index (χ1n) is 4.93. The number of carboxylic acids is 1. The zero-order valence-electron chi connectivity index (χ0n) is 9.07. The Morgan fingerprint density at radius 1 is 1.33 bits per heavy atom. The number of hydrogen-bond acceptors (Lipinski definition) is 5. The zero-order valence-corrected chi connectivity index (χ0v) is 9.89. The lowest BCUT2D eigenvalue weighted by Crippen LogP contribution is -1.97. The summed E-state index contributed by atoms with van der Waals surface area (Å²) >= 11 is 1.16. The van der Waals surface area contributed by atoms with Gasteiger partial charge in [-0.25, -0.2) is 14.8 Å². The van der Waals surface area contributed by atoms with Crippen LogP contribution in [-0.4, -0.2) is 21.0 Å². The summed E-state index contributed by atoms with van der Waals surface area (Å²) in [6, 6.07) is 8.21. The molecule has 1 N–H and O–H groups in total. The van der Waals surface area contributed by atoms with Crippen molar-refractivity contribution in [2.45, 2.75) is 10.1 Å². The minimum absolute atomic E-state index is 0.155. The standard InChI is InChI=1S/C12H7N3O2S/c13-7-9-2-1-4-15-11(9)18-10-6-8(12(16)17)3-5-14-10/h1-6H,(H,16,17). The van der Waals surface area contributed by atoms with Gasteiger partial charge in [0.15, 0.2) is 0 Å². The molecule has 0 aliphatic rings. The van der Waals surface area contributed by atoms with E-state index in [1.165, 1.54) is 18.3 Å². The summed E-state index contributed by atoms with van der Waals surface area (Å²) < 4.78 is 0. The fourth-order valence-corrected chi connectivity index (χ4v) is 2.09. The van der Waals surface area contributed by atoms with Gasteiger partial charge in [-0.2, -0.15) is 5.26 Å². The van der Waals surface area contributed by atoms with E-state index < -0.39 is 5.97 Å². The average Bonchev–Trinajstić information content (AvgIpc) is 2.39. The largest absolute Gasteiger partial charge is 0.478 e. The maximum Gasteiger partial charge on any atom is 0.335 e. The number of aromatic nitrogens is 2. The number of aromatic carboxylic acids is 1. The summed E-state index contributed by atoms with van der Waals surface area (Å²) in [6.07, 6.45) is 2.99. The van der Waals surface area contributed by atoms with Crippen molar-refractivity contribution in [2.75, 3.05) is 0 Å². The Bertz CT molecular complexity index is 637. The second-order valence-corrected chi connectivity index (χ2v) is 4.27. The van der Waals surface area contributed by atoms with Crippen molar-refractivity contribution in [1.82, 2.24) is 9.97 Å². The summed E-state index contributed by atoms with van der Waals surface area (Å²) in [5.74, 6) is -1.01. The van der Waals surface area contributed by atoms with Gasteiger partial charge in [0.1, 0.15) is 16.1 Å². The molecule has 0 radical (unpaired) electrons. The third-order valence-corrected chi connectivity index (χ3v) is 3.03. The quantitative estimate of drug-likeness (QED) is 0.906. The molecule has 5 nitrogen and oxygen atoms in total. The van der Waals surface area contributed by atoms with Crippen LogP contribution in [0.3, 0.4) is 0 Å². The highest BCUT2D eigenvalue weighted by atomic mass is 32.2. The molecule has 2 rings (SSSR count). The van der Waals surface area contributed by atoms with E-state index in [-0.39, 0.29) is 5.56 Å². The molecule has 2 heterocycles. The number of carboxylic acid groups (broad SMARTS) is 1. The van der Waals surface area contributed by atoms with Crippen molar-refractivity contribution in [3.05, 3.63) is 47.8 Å². The van der Waals surface area contributed by atoms with E-state index >= 15 is 0 Å². The van der Waals surface area contributed by atoms with E-state index in [2.05, 4.69) is 9.97 Å². The highest BCUT2D eigenvalue weighted by Crippen LogP contribution is 2.26. The van der Waals surface area contributed by atoms with Crippen LogP contribution in [-0.2, 0) is 0 Å². The van der Waals surface area contributed by atoms with Crippen molar-refractivity contribution in [1.29, 1.82) is 5.26 Å². The molecule has 2 aromatic rings. The van der Waals surface area contributed by atoms with Crippen LogP contribution in [0.25, 0.3) is 0 Å². The Balaban J connectivity index is 2.32. The number of nitrogens with zero attached hydrogens (tertiary/aromatic N) is 3. The van der Waals surface area contributed by atoms with E-state index in [1.807, 2.05) is 6.07 Å². The van der Waals surface area contributed by atoms with Crippen LogP contribution in [0, 0.1) is 11.3 Å². The number of pyridine rings is 2. The molecule has 0 fully saturated rings. The SMILES string of the molecule is N#Cc1cccnc1Sc1cc(C(=O)O)ccn1. The Morgan fingerprint density at radius 3 is 2.89 bits per heavy atom. The van der Waals surface area contributed by atoms with Gasteiger partial charge >= 0.3 is 5.97 Å². The second kappa shape index (κ2) is 5.29. The lowest BCUT2D eigenvalue weighted by Gasteiger charge is -2.02. The summed E-state index contributed by atoms with van der Waals surface area (Å²) in [5, 5.41) is 18.8. The van der Waals surface area contributed by atoms with Crippen molar-refractivity contribution < 1.29 is 9.90 Å². The van der Waals surface area contributed by atoms with Gasteiger partial charge in [-0.3, -0.25) is 0 Å². The molecular weight excluding hydrogens is 250 g/mol. The minimum atomic E-state index is -1.01. The van der Waals surface area contributed by atoms with E-state index in [0.717, 1.165) is 11.8 Å². The Kier molecular flexibility index (Phi) is 3.55. The highest BCUT2D eigenvalue weighted by molar-refractivity contribution is 7.99. The molecular formula is C12H7N3O2S. The van der Waals surface area contributed by atoms with Crippen molar-refractivity contribution >= 4 is 17.7 Å². The molecule has 0 spiro atoms. The van der Waals surface area contributed by atoms with Gasteiger partial charge < -0.3 is 5.11 Å². The molecule has 88 valence electrons. The summed E-state index contributed by atoms with van der Waals surface area (Å²) in [6.45, 7) is 0. The molecule has 0 atom stereocenters.